The molecule has 0 aromatic carbocycles. The van der Waals surface area contributed by atoms with E-state index in [2.05, 4.69) is 0 Å². The maximum absolute atomic E-state index is 12.9. The third-order valence-electron chi connectivity index (χ3n) is 2.81. The van der Waals surface area contributed by atoms with E-state index in [0.29, 0.717) is 17.7 Å². The van der Waals surface area contributed by atoms with Crippen molar-refractivity contribution in [1.82, 2.24) is 4.90 Å². The molecule has 1 heterocycles. The number of alkyl halides is 5. The molecule has 104 valence electrons. The molecule has 0 bridgehead atoms. The van der Waals surface area contributed by atoms with E-state index in [0.717, 1.165) is 0 Å². The molecule has 0 N–H and O–H groups in total. The van der Waals surface area contributed by atoms with Gasteiger partial charge in [0.25, 0.3) is 5.91 Å². The minimum absolute atomic E-state index is 0.0403. The average molecular weight is 290 g/mol. The molecule has 1 unspecified atom stereocenters. The maximum Gasteiger partial charge on any atom is 0.383 e. The zero-order valence-electron chi connectivity index (χ0n) is 9.34. The third-order valence-corrected chi connectivity index (χ3v) is 3.11. The SMILES string of the molecule is O=C(CCl)CC1CCCN1C(=O)C(F)(F)C(F)F. The van der Waals surface area contributed by atoms with E-state index in [9.17, 15) is 27.2 Å². The summed E-state index contributed by atoms with van der Waals surface area (Å²) < 4.78 is 50.0. The Morgan fingerprint density at radius 1 is 1.39 bits per heavy atom. The quantitative estimate of drug-likeness (QED) is 0.574. The molecule has 1 aliphatic rings. The lowest BCUT2D eigenvalue weighted by Gasteiger charge is -2.27. The molecule has 1 saturated heterocycles. The topological polar surface area (TPSA) is 37.4 Å². The first-order chi connectivity index (χ1) is 8.30. The van der Waals surface area contributed by atoms with Gasteiger partial charge in [-0.3, -0.25) is 9.59 Å². The second-order valence-corrected chi connectivity index (χ2v) is 4.36. The lowest BCUT2D eigenvalue weighted by atomic mass is 10.1. The van der Waals surface area contributed by atoms with Crippen LogP contribution in [0, 0.1) is 0 Å². The lowest BCUT2D eigenvalue weighted by Crippen LogP contribution is -2.49. The van der Waals surface area contributed by atoms with Crippen LogP contribution in [0.2, 0.25) is 0 Å². The second kappa shape index (κ2) is 5.86. The summed E-state index contributed by atoms with van der Waals surface area (Å²) in [6, 6.07) is -0.756. The number of carbonyl (C=O) groups excluding carboxylic acids is 2. The first kappa shape index (κ1) is 15.2. The fourth-order valence-corrected chi connectivity index (χ4v) is 2.03. The molecular weight excluding hydrogens is 278 g/mol. The van der Waals surface area contributed by atoms with Gasteiger partial charge < -0.3 is 4.90 Å². The van der Waals surface area contributed by atoms with E-state index in [1.807, 2.05) is 0 Å². The van der Waals surface area contributed by atoms with Crippen LogP contribution < -0.4 is 0 Å². The summed E-state index contributed by atoms with van der Waals surface area (Å²) in [7, 11) is 0. The van der Waals surface area contributed by atoms with Crippen LogP contribution in [0.25, 0.3) is 0 Å². The summed E-state index contributed by atoms with van der Waals surface area (Å²) >= 11 is 5.28. The van der Waals surface area contributed by atoms with Crippen LogP contribution in [0.15, 0.2) is 0 Å². The Kier molecular flexibility index (Phi) is 4.95. The van der Waals surface area contributed by atoms with Gasteiger partial charge in [0.15, 0.2) is 0 Å². The Hall–Kier alpha value is -0.850. The minimum Gasteiger partial charge on any atom is -0.334 e. The molecule has 0 aromatic rings. The van der Waals surface area contributed by atoms with Crippen molar-refractivity contribution >= 4 is 23.3 Å². The molecular formula is C10H12ClF4NO2. The number of rotatable bonds is 5. The van der Waals surface area contributed by atoms with Gasteiger partial charge in [-0.25, -0.2) is 8.78 Å². The number of Topliss-reactive ketones (excluding diaryl/α,β-unsaturated/α-hetero) is 1. The molecule has 1 aliphatic heterocycles. The van der Waals surface area contributed by atoms with Gasteiger partial charge in [-0.2, -0.15) is 8.78 Å². The summed E-state index contributed by atoms with van der Waals surface area (Å²) in [6.07, 6.45) is -3.47. The number of carbonyl (C=O) groups is 2. The van der Waals surface area contributed by atoms with E-state index >= 15 is 0 Å². The summed E-state index contributed by atoms with van der Waals surface area (Å²) in [6.45, 7) is -0.0403. The Morgan fingerprint density at radius 3 is 2.50 bits per heavy atom. The van der Waals surface area contributed by atoms with Crippen LogP contribution in [0.5, 0.6) is 0 Å². The smallest absolute Gasteiger partial charge is 0.334 e. The fraction of sp³-hybridized carbons (Fsp3) is 0.800. The van der Waals surface area contributed by atoms with E-state index < -0.39 is 30.1 Å². The predicted molar refractivity (Wildman–Crippen MR) is 56.0 cm³/mol. The first-order valence-corrected chi connectivity index (χ1v) is 5.88. The van der Waals surface area contributed by atoms with Crippen molar-refractivity contribution in [3.63, 3.8) is 0 Å². The molecule has 0 aliphatic carbocycles. The second-order valence-electron chi connectivity index (χ2n) is 4.09. The molecule has 0 saturated carbocycles. The highest BCUT2D eigenvalue weighted by Gasteiger charge is 2.53. The van der Waals surface area contributed by atoms with Crippen molar-refractivity contribution in [2.45, 2.75) is 37.7 Å². The summed E-state index contributed by atoms with van der Waals surface area (Å²) in [5.41, 5.74) is 0. The molecule has 0 aromatic heterocycles. The number of hydrogen-bond acceptors (Lipinski definition) is 2. The van der Waals surface area contributed by atoms with E-state index in [1.165, 1.54) is 0 Å². The third kappa shape index (κ3) is 3.13. The van der Waals surface area contributed by atoms with Crippen molar-refractivity contribution in [2.75, 3.05) is 12.4 Å². The van der Waals surface area contributed by atoms with E-state index in [-0.39, 0.29) is 18.8 Å². The number of amides is 1. The van der Waals surface area contributed by atoms with Gasteiger partial charge in [0.2, 0.25) is 0 Å². The molecule has 1 fully saturated rings. The summed E-state index contributed by atoms with van der Waals surface area (Å²) in [4.78, 5) is 23.1. The highest BCUT2D eigenvalue weighted by molar-refractivity contribution is 6.27. The monoisotopic (exact) mass is 289 g/mol. The molecule has 1 amide bonds. The van der Waals surface area contributed by atoms with Gasteiger partial charge in [-0.15, -0.1) is 11.6 Å². The Bertz CT molecular complexity index is 338. The van der Waals surface area contributed by atoms with Gasteiger partial charge in [0.1, 0.15) is 5.78 Å². The van der Waals surface area contributed by atoms with Crippen LogP contribution in [0.4, 0.5) is 17.6 Å². The maximum atomic E-state index is 12.9. The van der Waals surface area contributed by atoms with Crippen LogP contribution in [0.3, 0.4) is 0 Å². The number of nitrogens with zero attached hydrogens (tertiary/aromatic N) is 1. The number of halogens is 5. The van der Waals surface area contributed by atoms with Crippen LogP contribution in [-0.4, -0.2) is 47.4 Å². The standard InChI is InChI=1S/C10H12ClF4NO2/c11-5-7(17)4-6-2-1-3-16(6)9(18)10(14,15)8(12)13/h6,8H,1-5H2. The lowest BCUT2D eigenvalue weighted by molar-refractivity contribution is -0.181. The largest absolute Gasteiger partial charge is 0.383 e. The van der Waals surface area contributed by atoms with Crippen molar-refractivity contribution < 1.29 is 27.2 Å². The van der Waals surface area contributed by atoms with Crippen molar-refractivity contribution in [2.24, 2.45) is 0 Å². The van der Waals surface area contributed by atoms with Gasteiger partial charge >= 0.3 is 12.3 Å². The molecule has 0 radical (unpaired) electrons. The van der Waals surface area contributed by atoms with E-state index in [1.54, 1.807) is 0 Å². The predicted octanol–water partition coefficient (Wildman–Crippen LogP) is 2.08. The van der Waals surface area contributed by atoms with Crippen molar-refractivity contribution in [1.29, 1.82) is 0 Å². The highest BCUT2D eigenvalue weighted by Crippen LogP contribution is 2.30. The normalized spacial score (nSPS) is 20.6. The Balaban J connectivity index is 2.75. The molecule has 0 spiro atoms. The Labute approximate surface area is 106 Å². The van der Waals surface area contributed by atoms with Crippen LogP contribution >= 0.6 is 11.6 Å². The number of likely N-dealkylation sites (tertiary alicyclic amines) is 1. The molecule has 1 atom stereocenters. The molecule has 3 nitrogen and oxygen atoms in total. The van der Waals surface area contributed by atoms with Crippen molar-refractivity contribution in [3.05, 3.63) is 0 Å². The van der Waals surface area contributed by atoms with Crippen LogP contribution in [-0.2, 0) is 9.59 Å². The van der Waals surface area contributed by atoms with E-state index in [4.69, 9.17) is 11.6 Å². The van der Waals surface area contributed by atoms with Crippen molar-refractivity contribution in [3.8, 4) is 0 Å². The molecule has 8 heteroatoms. The summed E-state index contributed by atoms with van der Waals surface area (Å²) in [5.74, 6) is -7.31. The van der Waals surface area contributed by atoms with Gasteiger partial charge in [-0.1, -0.05) is 0 Å². The Morgan fingerprint density at radius 2 is 2.00 bits per heavy atom. The number of hydrogen-bond donors (Lipinski definition) is 0. The number of ketones is 1. The fourth-order valence-electron chi connectivity index (χ4n) is 1.92. The van der Waals surface area contributed by atoms with Gasteiger partial charge in [-0.05, 0) is 12.8 Å². The minimum atomic E-state index is -4.70. The molecule has 1 rings (SSSR count). The first-order valence-electron chi connectivity index (χ1n) is 5.35. The molecule has 18 heavy (non-hydrogen) atoms. The van der Waals surface area contributed by atoms with Gasteiger partial charge in [0.05, 0.1) is 5.88 Å². The summed E-state index contributed by atoms with van der Waals surface area (Å²) in [5, 5.41) is 0. The zero-order chi connectivity index (χ0) is 13.9. The van der Waals surface area contributed by atoms with Crippen LogP contribution in [0.1, 0.15) is 19.3 Å². The van der Waals surface area contributed by atoms with Gasteiger partial charge in [0, 0.05) is 19.0 Å². The highest BCUT2D eigenvalue weighted by atomic mass is 35.5. The average Bonchev–Trinajstić information content (AvgIpc) is 2.75. The zero-order valence-corrected chi connectivity index (χ0v) is 10.1.